The molecule has 1 aliphatic rings. The van der Waals surface area contributed by atoms with Crippen molar-refractivity contribution in [3.05, 3.63) is 46.6 Å². The fourth-order valence-electron chi connectivity index (χ4n) is 2.98. The number of halogens is 2. The van der Waals surface area contributed by atoms with Gasteiger partial charge in [-0.05, 0) is 25.1 Å². The van der Waals surface area contributed by atoms with Gasteiger partial charge in [-0.1, -0.05) is 25.4 Å². The number of hydrogen-bond acceptors (Lipinski definition) is 5. The van der Waals surface area contributed by atoms with Crippen molar-refractivity contribution in [2.24, 2.45) is 0 Å². The molecule has 0 amide bonds. The van der Waals surface area contributed by atoms with Gasteiger partial charge < -0.3 is 4.90 Å². The second kappa shape index (κ2) is 7.69. The van der Waals surface area contributed by atoms with E-state index < -0.39 is 15.8 Å². The van der Waals surface area contributed by atoms with Crippen molar-refractivity contribution in [1.29, 1.82) is 0 Å². The molecule has 0 saturated carbocycles. The number of aromatic nitrogens is 2. The largest absolute Gasteiger partial charge is 0.354 e. The standard InChI is InChI=1S/C18H22ClFN4O2S/c1-12(2)18-21-13(3)10-17(22-18)23-6-8-24(9-7-23)27(25,26)16-5-4-14(19)11-15(16)20/h4-5,10-12H,6-9H2,1-3H3. The molecule has 0 unspecified atom stereocenters. The minimum atomic E-state index is -3.90. The van der Waals surface area contributed by atoms with Crippen LogP contribution in [0.4, 0.5) is 10.2 Å². The molecule has 3 rings (SSSR count). The molecular weight excluding hydrogens is 391 g/mol. The van der Waals surface area contributed by atoms with Gasteiger partial charge in [-0.3, -0.25) is 0 Å². The third kappa shape index (κ3) is 4.23. The van der Waals surface area contributed by atoms with Gasteiger partial charge in [-0.25, -0.2) is 22.8 Å². The van der Waals surface area contributed by atoms with Crippen LogP contribution in [0.15, 0.2) is 29.2 Å². The van der Waals surface area contributed by atoms with Gasteiger partial charge >= 0.3 is 0 Å². The molecule has 146 valence electrons. The molecular formula is C18H22ClFN4O2S. The number of piperazine rings is 1. The molecule has 1 aromatic heterocycles. The summed E-state index contributed by atoms with van der Waals surface area (Å²) in [7, 11) is -3.90. The van der Waals surface area contributed by atoms with Crippen LogP contribution in [0.1, 0.15) is 31.3 Å². The Kier molecular flexibility index (Phi) is 5.69. The van der Waals surface area contributed by atoms with Crippen LogP contribution in [0.3, 0.4) is 0 Å². The van der Waals surface area contributed by atoms with E-state index in [-0.39, 0.29) is 28.9 Å². The molecule has 0 spiro atoms. The summed E-state index contributed by atoms with van der Waals surface area (Å²) in [5.41, 5.74) is 0.877. The highest BCUT2D eigenvalue weighted by Gasteiger charge is 2.31. The van der Waals surface area contributed by atoms with Gasteiger partial charge in [0, 0.05) is 48.9 Å². The van der Waals surface area contributed by atoms with Crippen LogP contribution in [0.5, 0.6) is 0 Å². The number of hydrogen-bond donors (Lipinski definition) is 0. The quantitative estimate of drug-likeness (QED) is 0.771. The maximum Gasteiger partial charge on any atom is 0.246 e. The van der Waals surface area contributed by atoms with Crippen molar-refractivity contribution in [2.75, 3.05) is 31.1 Å². The van der Waals surface area contributed by atoms with Crippen LogP contribution in [0.25, 0.3) is 0 Å². The lowest BCUT2D eigenvalue weighted by Crippen LogP contribution is -2.49. The predicted molar refractivity (Wildman–Crippen MR) is 103 cm³/mol. The van der Waals surface area contributed by atoms with E-state index in [1.807, 2.05) is 31.7 Å². The third-order valence-electron chi connectivity index (χ3n) is 4.45. The first-order valence-electron chi connectivity index (χ1n) is 8.74. The molecule has 1 aliphatic heterocycles. The van der Waals surface area contributed by atoms with E-state index in [4.69, 9.17) is 11.6 Å². The fraction of sp³-hybridized carbons (Fsp3) is 0.444. The van der Waals surface area contributed by atoms with E-state index in [2.05, 4.69) is 9.97 Å². The van der Waals surface area contributed by atoms with Crippen LogP contribution in [-0.2, 0) is 10.0 Å². The summed E-state index contributed by atoms with van der Waals surface area (Å²) in [5, 5.41) is 0.163. The van der Waals surface area contributed by atoms with Gasteiger partial charge in [-0.15, -0.1) is 0 Å². The topological polar surface area (TPSA) is 66.4 Å². The predicted octanol–water partition coefficient (Wildman–Crippen LogP) is 3.21. The zero-order valence-electron chi connectivity index (χ0n) is 15.5. The van der Waals surface area contributed by atoms with Crippen molar-refractivity contribution in [2.45, 2.75) is 31.6 Å². The smallest absolute Gasteiger partial charge is 0.246 e. The highest BCUT2D eigenvalue weighted by Crippen LogP contribution is 2.25. The van der Waals surface area contributed by atoms with E-state index in [1.54, 1.807) is 0 Å². The number of rotatable bonds is 4. The molecule has 27 heavy (non-hydrogen) atoms. The average molecular weight is 413 g/mol. The lowest BCUT2D eigenvalue weighted by molar-refractivity contribution is 0.381. The van der Waals surface area contributed by atoms with E-state index in [1.165, 1.54) is 16.4 Å². The normalized spacial score (nSPS) is 16.1. The molecule has 0 radical (unpaired) electrons. The van der Waals surface area contributed by atoms with Crippen molar-refractivity contribution < 1.29 is 12.8 Å². The molecule has 0 N–H and O–H groups in total. The first-order valence-corrected chi connectivity index (χ1v) is 10.6. The zero-order valence-corrected chi connectivity index (χ0v) is 17.1. The SMILES string of the molecule is Cc1cc(N2CCN(S(=O)(=O)c3ccc(Cl)cc3F)CC2)nc(C(C)C)n1. The Morgan fingerprint density at radius 1 is 1.11 bits per heavy atom. The van der Waals surface area contributed by atoms with Gasteiger partial charge in [0.2, 0.25) is 10.0 Å². The summed E-state index contributed by atoms with van der Waals surface area (Å²) in [6, 6.07) is 5.50. The molecule has 6 nitrogen and oxygen atoms in total. The maximum absolute atomic E-state index is 14.1. The van der Waals surface area contributed by atoms with Gasteiger partial charge in [0.15, 0.2) is 0 Å². The molecule has 1 fully saturated rings. The van der Waals surface area contributed by atoms with E-state index >= 15 is 0 Å². The summed E-state index contributed by atoms with van der Waals surface area (Å²) in [5.74, 6) is 0.931. The molecule has 2 heterocycles. The zero-order chi connectivity index (χ0) is 19.8. The molecule has 0 aliphatic carbocycles. The van der Waals surface area contributed by atoms with Gasteiger partial charge in [0.05, 0.1) is 0 Å². The van der Waals surface area contributed by atoms with Gasteiger partial charge in [0.1, 0.15) is 22.4 Å². The lowest BCUT2D eigenvalue weighted by Gasteiger charge is -2.35. The molecule has 0 atom stereocenters. The number of sulfonamides is 1. The summed E-state index contributed by atoms with van der Waals surface area (Å²) in [6.07, 6.45) is 0. The Labute approximate surface area is 164 Å². The average Bonchev–Trinajstić information content (AvgIpc) is 2.61. The van der Waals surface area contributed by atoms with Crippen LogP contribution in [0, 0.1) is 12.7 Å². The van der Waals surface area contributed by atoms with Gasteiger partial charge in [0.25, 0.3) is 0 Å². The monoisotopic (exact) mass is 412 g/mol. The Morgan fingerprint density at radius 2 is 1.78 bits per heavy atom. The summed E-state index contributed by atoms with van der Waals surface area (Å²) in [4.78, 5) is 10.7. The summed E-state index contributed by atoms with van der Waals surface area (Å²) in [6.45, 7) is 7.44. The number of anilines is 1. The molecule has 1 aromatic carbocycles. The Hall–Kier alpha value is -1.77. The maximum atomic E-state index is 14.1. The van der Waals surface area contributed by atoms with Gasteiger partial charge in [-0.2, -0.15) is 4.31 Å². The van der Waals surface area contributed by atoms with Crippen molar-refractivity contribution in [3.63, 3.8) is 0 Å². The Morgan fingerprint density at radius 3 is 2.37 bits per heavy atom. The van der Waals surface area contributed by atoms with E-state index in [0.717, 1.165) is 23.4 Å². The molecule has 2 aromatic rings. The molecule has 1 saturated heterocycles. The fourth-order valence-corrected chi connectivity index (χ4v) is 4.60. The number of aryl methyl sites for hydroxylation is 1. The Balaban J connectivity index is 1.77. The highest BCUT2D eigenvalue weighted by atomic mass is 35.5. The lowest BCUT2D eigenvalue weighted by atomic mass is 10.2. The second-order valence-corrected chi connectivity index (χ2v) is 9.19. The minimum Gasteiger partial charge on any atom is -0.354 e. The van der Waals surface area contributed by atoms with Crippen molar-refractivity contribution in [1.82, 2.24) is 14.3 Å². The first kappa shape index (κ1) is 20.0. The summed E-state index contributed by atoms with van der Waals surface area (Å²) >= 11 is 5.72. The number of nitrogens with zero attached hydrogens (tertiary/aromatic N) is 4. The van der Waals surface area contributed by atoms with Crippen LogP contribution in [-0.4, -0.2) is 48.9 Å². The van der Waals surface area contributed by atoms with E-state index in [0.29, 0.717) is 13.1 Å². The second-order valence-electron chi connectivity index (χ2n) is 6.85. The van der Waals surface area contributed by atoms with E-state index in [9.17, 15) is 12.8 Å². The van der Waals surface area contributed by atoms with Crippen LogP contribution < -0.4 is 4.90 Å². The van der Waals surface area contributed by atoms with Crippen molar-refractivity contribution in [3.8, 4) is 0 Å². The Bertz CT molecular complexity index is 944. The summed E-state index contributed by atoms with van der Waals surface area (Å²) < 4.78 is 40.9. The molecule has 0 bridgehead atoms. The minimum absolute atomic E-state index is 0.163. The number of benzene rings is 1. The van der Waals surface area contributed by atoms with Crippen LogP contribution >= 0.6 is 11.6 Å². The highest BCUT2D eigenvalue weighted by molar-refractivity contribution is 7.89. The van der Waals surface area contributed by atoms with Crippen molar-refractivity contribution >= 4 is 27.4 Å². The third-order valence-corrected chi connectivity index (χ3v) is 6.62. The van der Waals surface area contributed by atoms with Crippen LogP contribution in [0.2, 0.25) is 5.02 Å². The molecule has 9 heteroatoms. The first-order chi connectivity index (χ1) is 12.7.